The van der Waals surface area contributed by atoms with E-state index in [0.717, 1.165) is 65.3 Å². The largest absolute Gasteiger partial charge is 0.357 e. The van der Waals surface area contributed by atoms with Crippen LogP contribution in [0.5, 0.6) is 0 Å². The highest BCUT2D eigenvalue weighted by Crippen LogP contribution is 2.40. The number of hydrogen-bond donors (Lipinski definition) is 2. The van der Waals surface area contributed by atoms with Crippen molar-refractivity contribution >= 4 is 59.7 Å². The van der Waals surface area contributed by atoms with Crippen molar-refractivity contribution in [3.8, 4) is 11.4 Å². The summed E-state index contributed by atoms with van der Waals surface area (Å²) in [5, 5.41) is 3.17. The van der Waals surface area contributed by atoms with E-state index in [1.807, 2.05) is 24.5 Å². The van der Waals surface area contributed by atoms with Gasteiger partial charge in [0.05, 0.1) is 22.1 Å². The fraction of sp³-hybridized carbons (Fsp3) is 0.160. The molecule has 152 valence electrons. The minimum atomic E-state index is -0.0763. The van der Waals surface area contributed by atoms with Crippen LogP contribution in [0.4, 0.5) is 0 Å². The first-order valence-electron chi connectivity index (χ1n) is 10.2. The van der Waals surface area contributed by atoms with Crippen molar-refractivity contribution in [1.82, 2.24) is 24.9 Å². The van der Waals surface area contributed by atoms with Crippen LogP contribution in [0.2, 0.25) is 0 Å². The summed E-state index contributed by atoms with van der Waals surface area (Å²) in [5.74, 6) is 0.853. The summed E-state index contributed by atoms with van der Waals surface area (Å²) in [5.41, 5.74) is 6.96. The minimum Gasteiger partial charge on any atom is -0.357 e. The zero-order valence-corrected chi connectivity index (χ0v) is 19.0. The third-order valence-electron chi connectivity index (χ3n) is 5.82. The Morgan fingerprint density at radius 3 is 2.26 bits per heavy atom. The topological polar surface area (TPSA) is 70.2 Å². The van der Waals surface area contributed by atoms with Gasteiger partial charge in [0, 0.05) is 55.2 Å². The molecule has 4 heterocycles. The second-order valence-corrected chi connectivity index (χ2v) is 9.84. The van der Waals surface area contributed by atoms with Gasteiger partial charge in [-0.05, 0) is 42.5 Å². The van der Waals surface area contributed by atoms with Gasteiger partial charge in [0.25, 0.3) is 0 Å². The molecule has 0 bridgehead atoms. The highest BCUT2D eigenvalue weighted by atomic mass is 79.9. The molecule has 0 spiro atoms. The Bertz CT molecular complexity index is 1560. The highest BCUT2D eigenvalue weighted by Gasteiger charge is 2.26. The lowest BCUT2D eigenvalue weighted by Crippen LogP contribution is -2.13. The lowest BCUT2D eigenvalue weighted by Gasteiger charge is -2.18. The Balaban J connectivity index is 1.78. The van der Waals surface area contributed by atoms with E-state index in [2.05, 4.69) is 87.0 Å². The molecule has 2 aromatic carbocycles. The van der Waals surface area contributed by atoms with Crippen molar-refractivity contribution < 1.29 is 0 Å². The molecule has 0 aliphatic rings. The van der Waals surface area contributed by atoms with Crippen molar-refractivity contribution in [3.05, 3.63) is 65.0 Å². The van der Waals surface area contributed by atoms with E-state index in [0.29, 0.717) is 0 Å². The van der Waals surface area contributed by atoms with Gasteiger partial charge in [0.2, 0.25) is 0 Å². The number of aromatic amines is 2. The molecule has 0 saturated heterocycles. The summed E-state index contributed by atoms with van der Waals surface area (Å²) in [6.45, 7) is 6.66. The fourth-order valence-electron chi connectivity index (χ4n) is 4.43. The number of benzene rings is 2. The molecule has 0 atom stereocenters. The smallest absolute Gasteiger partial charge is 0.141 e. The summed E-state index contributed by atoms with van der Waals surface area (Å²) in [7, 11) is 0. The van der Waals surface area contributed by atoms with Crippen molar-refractivity contribution in [2.45, 2.75) is 26.2 Å². The number of H-pyrrole nitrogens is 2. The Morgan fingerprint density at radius 2 is 1.52 bits per heavy atom. The summed E-state index contributed by atoms with van der Waals surface area (Å²) in [6.07, 6.45) is 3.62. The average Bonchev–Trinajstić information content (AvgIpc) is 3.35. The Labute approximate surface area is 187 Å². The van der Waals surface area contributed by atoms with E-state index in [9.17, 15) is 0 Å². The van der Waals surface area contributed by atoms with Crippen LogP contribution in [0.3, 0.4) is 0 Å². The third kappa shape index (κ3) is 2.71. The molecular weight excluding hydrogens is 450 g/mol. The maximum absolute atomic E-state index is 5.13. The summed E-state index contributed by atoms with van der Waals surface area (Å²) in [6, 6.07) is 14.4. The van der Waals surface area contributed by atoms with Crippen LogP contribution in [-0.2, 0) is 5.41 Å². The first-order valence-corrected chi connectivity index (χ1v) is 11.0. The highest BCUT2D eigenvalue weighted by molar-refractivity contribution is 9.10. The van der Waals surface area contributed by atoms with Crippen LogP contribution >= 0.6 is 15.9 Å². The van der Waals surface area contributed by atoms with Gasteiger partial charge in [-0.15, -0.1) is 0 Å². The first-order chi connectivity index (χ1) is 14.9. The van der Waals surface area contributed by atoms with Gasteiger partial charge < -0.3 is 9.97 Å². The zero-order chi connectivity index (χ0) is 21.3. The molecule has 0 amide bonds. The molecule has 2 N–H and O–H groups in total. The zero-order valence-electron chi connectivity index (χ0n) is 17.4. The van der Waals surface area contributed by atoms with Crippen molar-refractivity contribution in [1.29, 1.82) is 0 Å². The van der Waals surface area contributed by atoms with Crippen LogP contribution in [0.25, 0.3) is 55.1 Å². The Hall–Kier alpha value is -3.25. The molecule has 31 heavy (non-hydrogen) atoms. The van der Waals surface area contributed by atoms with E-state index < -0.39 is 0 Å². The molecule has 0 fully saturated rings. The van der Waals surface area contributed by atoms with Crippen molar-refractivity contribution in [2.24, 2.45) is 0 Å². The second kappa shape index (κ2) is 6.37. The maximum atomic E-state index is 5.13. The number of hydrogen-bond acceptors (Lipinski definition) is 3. The molecule has 0 aliphatic carbocycles. The SMILES string of the molecule is CC(C)(C)c1[nH]c2ccc(Br)cc2c1-c1nc2c3cccnc3c3ncccc3c2[nH]1. The number of rotatable bonds is 1. The van der Waals surface area contributed by atoms with Crippen LogP contribution in [-0.4, -0.2) is 24.9 Å². The number of pyridine rings is 2. The number of halogens is 1. The van der Waals surface area contributed by atoms with E-state index in [1.165, 1.54) is 0 Å². The average molecular weight is 470 g/mol. The van der Waals surface area contributed by atoms with Crippen LogP contribution in [0, 0.1) is 0 Å². The second-order valence-electron chi connectivity index (χ2n) is 8.92. The Morgan fingerprint density at radius 1 is 0.806 bits per heavy atom. The van der Waals surface area contributed by atoms with Gasteiger partial charge in [-0.2, -0.15) is 0 Å². The quantitative estimate of drug-likeness (QED) is 0.258. The number of nitrogens with one attached hydrogen (secondary N) is 2. The van der Waals surface area contributed by atoms with Crippen LogP contribution in [0.15, 0.2) is 59.3 Å². The van der Waals surface area contributed by atoms with Gasteiger partial charge in [-0.25, -0.2) is 4.98 Å². The van der Waals surface area contributed by atoms with Gasteiger partial charge in [-0.3, -0.25) is 9.97 Å². The summed E-state index contributed by atoms with van der Waals surface area (Å²) in [4.78, 5) is 21.7. The fourth-order valence-corrected chi connectivity index (χ4v) is 4.80. The Kier molecular flexibility index (Phi) is 3.81. The summed E-state index contributed by atoms with van der Waals surface area (Å²) >= 11 is 3.64. The number of aromatic nitrogens is 5. The molecular formula is C25H20BrN5. The normalized spacial score (nSPS) is 12.5. The molecule has 5 nitrogen and oxygen atoms in total. The van der Waals surface area contributed by atoms with Crippen molar-refractivity contribution in [2.75, 3.05) is 0 Å². The molecule has 4 aromatic heterocycles. The van der Waals surface area contributed by atoms with Gasteiger partial charge in [0.15, 0.2) is 0 Å². The van der Waals surface area contributed by atoms with Gasteiger partial charge >= 0.3 is 0 Å². The lowest BCUT2D eigenvalue weighted by molar-refractivity contribution is 0.575. The molecule has 6 aromatic rings. The maximum Gasteiger partial charge on any atom is 0.141 e. The van der Waals surface area contributed by atoms with Gasteiger partial charge in [-0.1, -0.05) is 36.7 Å². The van der Waals surface area contributed by atoms with Crippen LogP contribution in [0.1, 0.15) is 26.5 Å². The minimum absolute atomic E-state index is 0.0763. The third-order valence-corrected chi connectivity index (χ3v) is 6.31. The van der Waals surface area contributed by atoms with Gasteiger partial charge in [0.1, 0.15) is 5.82 Å². The first kappa shape index (κ1) is 18.5. The molecule has 0 unspecified atom stereocenters. The molecule has 0 aliphatic heterocycles. The monoisotopic (exact) mass is 469 g/mol. The summed E-state index contributed by atoms with van der Waals surface area (Å²) < 4.78 is 1.04. The lowest BCUT2D eigenvalue weighted by atomic mass is 9.88. The number of imidazole rings is 1. The van der Waals surface area contributed by atoms with E-state index in [-0.39, 0.29) is 5.41 Å². The molecule has 0 radical (unpaired) electrons. The molecule has 0 saturated carbocycles. The van der Waals surface area contributed by atoms with Crippen LogP contribution < -0.4 is 0 Å². The number of nitrogens with zero attached hydrogens (tertiary/aromatic N) is 3. The van der Waals surface area contributed by atoms with E-state index in [4.69, 9.17) is 4.98 Å². The molecule has 6 heteroatoms. The van der Waals surface area contributed by atoms with Crippen molar-refractivity contribution in [3.63, 3.8) is 0 Å². The predicted molar refractivity (Wildman–Crippen MR) is 130 cm³/mol. The number of fused-ring (bicyclic) bond motifs is 7. The predicted octanol–water partition coefficient (Wildman–Crippen LogP) is 6.87. The standard InChI is InChI=1S/C25H20BrN5/c1-25(2,3)23-18(16-12-13(26)8-9-17(16)29-23)24-30-21-14-6-4-10-27-19(14)20-15(22(21)31-24)7-5-11-28-20/h4-12,29H,1-3H3,(H,30,31). The van der Waals surface area contributed by atoms with E-state index in [1.54, 1.807) is 0 Å². The molecule has 6 rings (SSSR count). The van der Waals surface area contributed by atoms with E-state index >= 15 is 0 Å².